The zero-order valence-electron chi connectivity index (χ0n) is 15.3. The van der Waals surface area contributed by atoms with Gasteiger partial charge in [0.05, 0.1) is 11.3 Å². The van der Waals surface area contributed by atoms with Gasteiger partial charge in [0.15, 0.2) is 0 Å². The lowest BCUT2D eigenvalue weighted by molar-refractivity contribution is 0.0963. The minimum absolute atomic E-state index is 0.0166. The highest BCUT2D eigenvalue weighted by atomic mass is 32.2. The number of fused-ring (bicyclic) bond motifs is 1. The third-order valence-electron chi connectivity index (χ3n) is 5.82. The molecule has 138 valence electrons. The molecule has 3 atom stereocenters. The number of amides is 1. The predicted molar refractivity (Wildman–Crippen MR) is 109 cm³/mol. The smallest absolute Gasteiger partial charge is 0.258 e. The second-order valence-corrected chi connectivity index (χ2v) is 8.74. The number of hydrogen-bond donors (Lipinski definition) is 3. The standard InChI is InChI=1S/C21H27N3OS/c1-13-5-6-18-17(9-13)21(25)24-20(23-18)19-16(7-8-26-19)11-14-3-2-4-15(10-14)12-22/h5-9,14-16,23H,2-4,10-12,22H2,1H3,(H,24,25). The first kappa shape index (κ1) is 17.7. The number of aryl methyl sites for hydroxylation is 1. The maximum absolute atomic E-state index is 12.6. The molecule has 1 saturated carbocycles. The number of hydrogen-bond acceptors (Lipinski definition) is 4. The van der Waals surface area contributed by atoms with Crippen molar-refractivity contribution < 1.29 is 4.79 Å². The predicted octanol–water partition coefficient (Wildman–Crippen LogP) is 4.35. The molecule has 26 heavy (non-hydrogen) atoms. The maximum Gasteiger partial charge on any atom is 0.258 e. The molecule has 1 fully saturated rings. The number of anilines is 1. The number of carbonyl (C=O) groups is 1. The molecule has 0 aromatic heterocycles. The van der Waals surface area contributed by atoms with Gasteiger partial charge in [-0.3, -0.25) is 4.79 Å². The van der Waals surface area contributed by atoms with Crippen molar-refractivity contribution in [1.29, 1.82) is 0 Å². The molecule has 1 aliphatic carbocycles. The molecule has 0 bridgehead atoms. The van der Waals surface area contributed by atoms with Crippen LogP contribution in [0.2, 0.25) is 0 Å². The van der Waals surface area contributed by atoms with Crippen molar-refractivity contribution in [2.45, 2.75) is 39.0 Å². The summed E-state index contributed by atoms with van der Waals surface area (Å²) in [7, 11) is 0. The average molecular weight is 370 g/mol. The average Bonchev–Trinajstić information content (AvgIpc) is 3.10. The second-order valence-electron chi connectivity index (χ2n) is 7.79. The van der Waals surface area contributed by atoms with Crippen LogP contribution < -0.4 is 16.4 Å². The molecule has 1 amide bonds. The number of rotatable bonds is 3. The van der Waals surface area contributed by atoms with Crippen LogP contribution in [0, 0.1) is 24.7 Å². The summed E-state index contributed by atoms with van der Waals surface area (Å²) in [5.41, 5.74) is 8.62. The summed E-state index contributed by atoms with van der Waals surface area (Å²) in [6.45, 7) is 2.82. The first-order chi connectivity index (χ1) is 12.6. The lowest BCUT2D eigenvalue weighted by Crippen LogP contribution is -2.34. The highest BCUT2D eigenvalue weighted by Gasteiger charge is 2.30. The molecule has 4 nitrogen and oxygen atoms in total. The second kappa shape index (κ2) is 7.49. The van der Waals surface area contributed by atoms with Crippen molar-refractivity contribution >= 4 is 23.4 Å². The molecule has 0 spiro atoms. The van der Waals surface area contributed by atoms with E-state index in [2.05, 4.69) is 22.1 Å². The number of thioether (sulfide) groups is 1. The summed E-state index contributed by atoms with van der Waals surface area (Å²) in [5, 5.41) is 8.69. The van der Waals surface area contributed by atoms with E-state index < -0.39 is 0 Å². The lowest BCUT2D eigenvalue weighted by Gasteiger charge is -2.31. The Morgan fingerprint density at radius 1 is 1.23 bits per heavy atom. The summed E-state index contributed by atoms with van der Waals surface area (Å²) >= 11 is 1.73. The molecule has 0 radical (unpaired) electrons. The third-order valence-corrected chi connectivity index (χ3v) is 6.87. The van der Waals surface area contributed by atoms with E-state index >= 15 is 0 Å². The molecule has 0 saturated heterocycles. The Bertz CT molecular complexity index is 771. The molecule has 2 heterocycles. The van der Waals surface area contributed by atoms with Gasteiger partial charge in [-0.2, -0.15) is 0 Å². The van der Waals surface area contributed by atoms with Crippen LogP contribution in [0.25, 0.3) is 0 Å². The minimum atomic E-state index is -0.0166. The van der Waals surface area contributed by atoms with Crippen LogP contribution in [0.3, 0.4) is 0 Å². The molecule has 1 aromatic carbocycles. The molecular formula is C21H27N3OS. The maximum atomic E-state index is 12.6. The Balaban J connectivity index is 1.53. The Morgan fingerprint density at radius 2 is 2.08 bits per heavy atom. The van der Waals surface area contributed by atoms with Crippen molar-refractivity contribution in [1.82, 2.24) is 5.32 Å². The number of carbonyl (C=O) groups excluding carboxylic acids is 1. The fourth-order valence-corrected chi connectivity index (χ4v) is 5.41. The summed E-state index contributed by atoms with van der Waals surface area (Å²) in [6.07, 6.45) is 8.56. The van der Waals surface area contributed by atoms with E-state index in [0.717, 1.165) is 41.5 Å². The van der Waals surface area contributed by atoms with Gasteiger partial charge in [-0.05, 0) is 62.1 Å². The van der Waals surface area contributed by atoms with Crippen LogP contribution >= 0.6 is 11.8 Å². The van der Waals surface area contributed by atoms with Gasteiger partial charge in [0, 0.05) is 10.8 Å². The van der Waals surface area contributed by atoms with Crippen LogP contribution in [0.4, 0.5) is 5.69 Å². The monoisotopic (exact) mass is 369 g/mol. The zero-order valence-corrected chi connectivity index (χ0v) is 16.1. The van der Waals surface area contributed by atoms with Crippen LogP contribution in [-0.4, -0.2) is 12.5 Å². The highest BCUT2D eigenvalue weighted by molar-refractivity contribution is 8.06. The fourth-order valence-electron chi connectivity index (χ4n) is 4.43. The summed E-state index contributed by atoms with van der Waals surface area (Å²) < 4.78 is 0. The SMILES string of the molecule is Cc1ccc2c(c1)C(=O)NC(=C1SC=CC1CC1CCCC(CN)C1)N2. The van der Waals surface area contributed by atoms with E-state index in [0.29, 0.717) is 11.8 Å². The molecule has 1 aromatic rings. The molecule has 3 unspecified atom stereocenters. The van der Waals surface area contributed by atoms with Crippen molar-refractivity contribution in [3.8, 4) is 0 Å². The van der Waals surface area contributed by atoms with Crippen LogP contribution in [-0.2, 0) is 0 Å². The number of nitrogens with two attached hydrogens (primary N) is 1. The van der Waals surface area contributed by atoms with Crippen molar-refractivity contribution in [2.24, 2.45) is 23.5 Å². The first-order valence-corrected chi connectivity index (χ1v) is 10.5. The zero-order chi connectivity index (χ0) is 18.1. The van der Waals surface area contributed by atoms with Gasteiger partial charge in [0.2, 0.25) is 0 Å². The Kier molecular flexibility index (Phi) is 5.09. The fraction of sp³-hybridized carbons (Fsp3) is 0.476. The van der Waals surface area contributed by atoms with Gasteiger partial charge in [-0.1, -0.05) is 42.3 Å². The highest BCUT2D eigenvalue weighted by Crippen LogP contribution is 2.43. The molecule has 2 aliphatic heterocycles. The van der Waals surface area contributed by atoms with E-state index in [1.165, 1.54) is 30.6 Å². The van der Waals surface area contributed by atoms with Gasteiger partial charge in [0.25, 0.3) is 5.91 Å². The van der Waals surface area contributed by atoms with E-state index in [-0.39, 0.29) is 5.91 Å². The molecule has 4 rings (SSSR count). The minimum Gasteiger partial charge on any atom is -0.340 e. The quantitative estimate of drug-likeness (QED) is 0.741. The lowest BCUT2D eigenvalue weighted by atomic mass is 9.77. The van der Waals surface area contributed by atoms with Gasteiger partial charge in [-0.15, -0.1) is 0 Å². The van der Waals surface area contributed by atoms with Crippen LogP contribution in [0.1, 0.15) is 48.0 Å². The summed E-state index contributed by atoms with van der Waals surface area (Å²) in [6, 6.07) is 5.98. The Hall–Kier alpha value is -1.72. The normalized spacial score (nSPS) is 30.7. The Morgan fingerprint density at radius 3 is 2.92 bits per heavy atom. The topological polar surface area (TPSA) is 67.2 Å². The van der Waals surface area contributed by atoms with Crippen molar-refractivity contribution in [3.05, 3.63) is 51.5 Å². The Labute approximate surface area is 159 Å². The van der Waals surface area contributed by atoms with Crippen molar-refractivity contribution in [2.75, 3.05) is 11.9 Å². The van der Waals surface area contributed by atoms with E-state index in [1.54, 1.807) is 11.8 Å². The van der Waals surface area contributed by atoms with Crippen molar-refractivity contribution in [3.63, 3.8) is 0 Å². The van der Waals surface area contributed by atoms with Gasteiger partial charge in [-0.25, -0.2) is 0 Å². The number of nitrogens with one attached hydrogen (secondary N) is 2. The largest absolute Gasteiger partial charge is 0.340 e. The third kappa shape index (κ3) is 3.55. The number of allylic oxidation sites excluding steroid dienone is 2. The van der Waals surface area contributed by atoms with Gasteiger partial charge >= 0.3 is 0 Å². The number of benzene rings is 1. The van der Waals surface area contributed by atoms with Crippen LogP contribution in [0.15, 0.2) is 40.4 Å². The molecular weight excluding hydrogens is 342 g/mol. The van der Waals surface area contributed by atoms with Crippen LogP contribution in [0.5, 0.6) is 0 Å². The van der Waals surface area contributed by atoms with E-state index in [4.69, 9.17) is 5.73 Å². The van der Waals surface area contributed by atoms with Gasteiger partial charge in [0.1, 0.15) is 5.82 Å². The van der Waals surface area contributed by atoms with E-state index in [9.17, 15) is 4.79 Å². The van der Waals surface area contributed by atoms with E-state index in [1.807, 2.05) is 25.1 Å². The summed E-state index contributed by atoms with van der Waals surface area (Å²) in [4.78, 5) is 13.8. The first-order valence-electron chi connectivity index (χ1n) is 9.60. The molecule has 4 N–H and O–H groups in total. The summed E-state index contributed by atoms with van der Waals surface area (Å²) in [5.74, 6) is 2.65. The molecule has 3 aliphatic rings. The van der Waals surface area contributed by atoms with Gasteiger partial charge < -0.3 is 16.4 Å². The molecule has 5 heteroatoms.